The number of nitro groups is 1. The van der Waals surface area contributed by atoms with Gasteiger partial charge in [0.05, 0.1) is 49.1 Å². The number of nitro benzene ring substituents is 1. The highest BCUT2D eigenvalue weighted by atomic mass is 19.4. The number of carbonyl (C=O) groups excluding carboxylic acids is 3. The minimum absolute atomic E-state index is 0.0853. The van der Waals surface area contributed by atoms with E-state index in [9.17, 15) is 99.1 Å². The average Bonchev–Trinajstić information content (AvgIpc) is 3.32. The van der Waals surface area contributed by atoms with E-state index in [1.165, 1.54) is 36.4 Å². The smallest absolute Gasteiger partial charge is 0.460 e. The molecule has 0 spiro atoms. The van der Waals surface area contributed by atoms with Gasteiger partial charge < -0.3 is 19.1 Å². The molecule has 0 radical (unpaired) electrons. The van der Waals surface area contributed by atoms with Crippen molar-refractivity contribution < 1.29 is 108 Å². The number of nitrogens with zero attached hydrogens (tertiary/aromatic N) is 3. The molecule has 1 heterocycles. The van der Waals surface area contributed by atoms with Crippen LogP contribution < -0.4 is 19.1 Å². The summed E-state index contributed by atoms with van der Waals surface area (Å²) in [7, 11) is 2.04. The van der Waals surface area contributed by atoms with Crippen LogP contribution in [0.5, 0.6) is 17.2 Å². The average molecular weight is 1010 g/mol. The van der Waals surface area contributed by atoms with Crippen molar-refractivity contribution in [2.45, 2.75) is 93.3 Å². The number of carbonyl (C=O) groups is 3. The Bertz CT molecular complexity index is 2370. The highest BCUT2D eigenvalue weighted by Gasteiger charge is 2.95. The molecule has 28 heteroatoms. The number of hydrogen-bond donors (Lipinski definition) is 0. The minimum Gasteiger partial charge on any atom is -0.496 e. The first-order valence-corrected chi connectivity index (χ1v) is 19.1. The number of methoxy groups -OCH3 is 2. The van der Waals surface area contributed by atoms with Crippen molar-refractivity contribution >= 4 is 29.1 Å². The van der Waals surface area contributed by atoms with Gasteiger partial charge in [0.1, 0.15) is 28.9 Å². The monoisotopic (exact) mass is 1010 g/mol. The summed E-state index contributed by atoms with van der Waals surface area (Å²) in [5.74, 6) is -61.8. The Kier molecular flexibility index (Phi) is 15.0. The van der Waals surface area contributed by atoms with E-state index in [4.69, 9.17) is 14.2 Å². The molecule has 0 saturated heterocycles. The van der Waals surface area contributed by atoms with E-state index in [1.807, 2.05) is 0 Å². The van der Waals surface area contributed by atoms with E-state index in [0.29, 0.717) is 4.90 Å². The van der Waals surface area contributed by atoms with Crippen LogP contribution in [0.4, 0.5) is 86.0 Å². The van der Waals surface area contributed by atoms with Crippen molar-refractivity contribution in [3.63, 3.8) is 0 Å². The third-order valence-corrected chi connectivity index (χ3v) is 10.3. The molecule has 1 atom stereocenters. The topological polar surface area (TPSA) is 129 Å². The maximum Gasteiger partial charge on any atom is 0.460 e. The fraction of sp³-hybridized carbons (Fsp3) is 0.475. The highest BCUT2D eigenvalue weighted by molar-refractivity contribution is 6.27. The van der Waals surface area contributed by atoms with Gasteiger partial charge >= 0.3 is 47.6 Å². The summed E-state index contributed by atoms with van der Waals surface area (Å²) in [6.07, 6.45) is -12.4. The van der Waals surface area contributed by atoms with Crippen molar-refractivity contribution in [3.8, 4) is 17.2 Å². The Morgan fingerprint density at radius 2 is 1.21 bits per heavy atom. The summed E-state index contributed by atoms with van der Waals surface area (Å²) in [5, 5.41) is 11.8. The molecule has 0 N–H and O–H groups in total. The van der Waals surface area contributed by atoms with Gasteiger partial charge in [-0.05, 0) is 37.0 Å². The molecule has 0 bridgehead atoms. The largest absolute Gasteiger partial charge is 0.496 e. The zero-order valence-electron chi connectivity index (χ0n) is 35.0. The Balaban J connectivity index is 1.64. The molecule has 3 aromatic rings. The third kappa shape index (κ3) is 9.12. The Hall–Kier alpha value is -6.12. The van der Waals surface area contributed by atoms with Crippen molar-refractivity contribution in [1.82, 2.24) is 4.90 Å². The second-order valence-corrected chi connectivity index (χ2v) is 15.3. The number of benzene rings is 3. The lowest BCUT2D eigenvalue weighted by atomic mass is 9.88. The molecule has 0 fully saturated rings. The lowest BCUT2D eigenvalue weighted by molar-refractivity contribution is -0.461. The summed E-state index contributed by atoms with van der Waals surface area (Å²) in [4.78, 5) is 55.6. The molecular weight excluding hydrogens is 973 g/mol. The second kappa shape index (κ2) is 18.8. The maximum absolute atomic E-state index is 14.5. The number of anilines is 1. The molecule has 0 saturated carbocycles. The van der Waals surface area contributed by atoms with E-state index in [-0.39, 0.29) is 40.7 Å². The van der Waals surface area contributed by atoms with Gasteiger partial charge in [-0.1, -0.05) is 38.1 Å². The number of amides is 3. The summed E-state index contributed by atoms with van der Waals surface area (Å²) in [5.41, 5.74) is -1.75. The number of alkyl halides is 17. The van der Waals surface area contributed by atoms with Crippen molar-refractivity contribution in [1.29, 1.82) is 0 Å². The SMILES string of the molecule is COc1cc(OCCCC(F)(F)C(F)(F)C(F)(F)C(F)(F)C(F)(F)C(F)(F)C(F)(F)C(F)(F)F)cc(OC)c1CN1C(=O)c2ccccc2N(C(=O)c2ccccc2[N+](=O)[O-])C(=O)C1CC(C)C. The van der Waals surface area contributed by atoms with Crippen LogP contribution in [0, 0.1) is 16.0 Å². The van der Waals surface area contributed by atoms with E-state index in [2.05, 4.69) is 0 Å². The molecule has 1 unspecified atom stereocenters. The van der Waals surface area contributed by atoms with Gasteiger partial charge in [-0.3, -0.25) is 24.5 Å². The normalized spacial score (nSPS) is 15.9. The molecule has 11 nitrogen and oxygen atoms in total. The summed E-state index contributed by atoms with van der Waals surface area (Å²) >= 11 is 0. The van der Waals surface area contributed by atoms with Crippen LogP contribution in [0.3, 0.4) is 0 Å². The number of ether oxygens (including phenoxy) is 3. The molecule has 68 heavy (non-hydrogen) atoms. The quantitative estimate of drug-likeness (QED) is 0.0382. The van der Waals surface area contributed by atoms with Crippen LogP contribution in [-0.2, 0) is 11.3 Å². The fourth-order valence-corrected chi connectivity index (χ4v) is 6.75. The van der Waals surface area contributed by atoms with Crippen molar-refractivity contribution in [2.24, 2.45) is 5.92 Å². The lowest BCUT2D eigenvalue weighted by Crippen LogP contribution is -2.74. The zero-order chi connectivity index (χ0) is 52.0. The van der Waals surface area contributed by atoms with Crippen LogP contribution in [0.15, 0.2) is 60.7 Å². The zero-order valence-corrected chi connectivity index (χ0v) is 35.0. The Morgan fingerprint density at radius 3 is 1.71 bits per heavy atom. The van der Waals surface area contributed by atoms with Crippen LogP contribution in [0.25, 0.3) is 0 Å². The summed E-state index contributed by atoms with van der Waals surface area (Å²) in [6.45, 7) is 1.40. The van der Waals surface area contributed by atoms with Gasteiger partial charge in [-0.15, -0.1) is 0 Å². The van der Waals surface area contributed by atoms with Crippen LogP contribution >= 0.6 is 0 Å². The van der Waals surface area contributed by atoms with E-state index < -0.39 is 119 Å². The first kappa shape index (κ1) is 54.5. The molecule has 1 aliphatic rings. The molecule has 3 amide bonds. The fourth-order valence-electron chi connectivity index (χ4n) is 6.75. The third-order valence-electron chi connectivity index (χ3n) is 10.3. The molecule has 4 rings (SSSR count). The van der Waals surface area contributed by atoms with Crippen LogP contribution in [-0.4, -0.2) is 102 Å². The van der Waals surface area contributed by atoms with Gasteiger partial charge in [0.2, 0.25) is 0 Å². The van der Waals surface area contributed by atoms with Crippen molar-refractivity contribution in [2.75, 3.05) is 25.7 Å². The number of rotatable bonds is 19. The van der Waals surface area contributed by atoms with Gasteiger partial charge in [-0.2, -0.15) is 74.6 Å². The Morgan fingerprint density at radius 1 is 0.721 bits per heavy atom. The number of fused-ring (bicyclic) bond motifs is 1. The van der Waals surface area contributed by atoms with Gasteiger partial charge in [-0.25, -0.2) is 4.90 Å². The molecule has 376 valence electrons. The number of imide groups is 1. The number of para-hydroxylation sites is 2. The summed E-state index contributed by atoms with van der Waals surface area (Å²) in [6, 6.07) is 10.3. The van der Waals surface area contributed by atoms with E-state index in [0.717, 1.165) is 43.4 Å². The van der Waals surface area contributed by atoms with Crippen molar-refractivity contribution in [3.05, 3.63) is 87.5 Å². The van der Waals surface area contributed by atoms with E-state index in [1.54, 1.807) is 13.8 Å². The maximum atomic E-state index is 14.5. The predicted octanol–water partition coefficient (Wildman–Crippen LogP) is 11.0. The molecule has 0 aromatic heterocycles. The highest BCUT2D eigenvalue weighted by Crippen LogP contribution is 2.64. The Labute approximate surface area is 371 Å². The van der Waals surface area contributed by atoms with Crippen LogP contribution in [0.1, 0.15) is 59.4 Å². The second-order valence-electron chi connectivity index (χ2n) is 15.3. The lowest BCUT2D eigenvalue weighted by Gasteiger charge is -2.42. The van der Waals surface area contributed by atoms with Gasteiger partial charge in [0.15, 0.2) is 0 Å². The first-order chi connectivity index (χ1) is 31.0. The summed E-state index contributed by atoms with van der Waals surface area (Å²) < 4.78 is 249. The first-order valence-electron chi connectivity index (χ1n) is 19.1. The van der Waals surface area contributed by atoms with Gasteiger partial charge in [0, 0.05) is 24.6 Å². The molecule has 0 aliphatic carbocycles. The standard InChI is InChI=1S/C40H34F17N3O8/c1-20(2)16-27-32(63)59(31(62)23-11-6-8-13-26(23)60(64)65)25-12-7-5-10-22(25)30(61)58(27)19-24-28(66-3)17-21(18-29(24)67-4)68-15-9-14-33(41,42)34(43,44)35(45,46)36(47,48)37(49,50)38(51,52)39(53,54)40(55,56)57/h5-8,10-13,17-18,20,27H,9,14-16,19H2,1-4H3. The number of hydrogen-bond acceptors (Lipinski definition) is 8. The van der Waals surface area contributed by atoms with E-state index >= 15 is 0 Å². The predicted molar refractivity (Wildman–Crippen MR) is 199 cm³/mol. The molecule has 1 aliphatic heterocycles. The minimum atomic E-state index is -8.75. The van der Waals surface area contributed by atoms with Gasteiger partial charge in [0.25, 0.3) is 23.4 Å². The molecular formula is C40H34F17N3O8. The molecule has 3 aromatic carbocycles. The van der Waals surface area contributed by atoms with Crippen LogP contribution in [0.2, 0.25) is 0 Å². The number of halogens is 17.